The van der Waals surface area contributed by atoms with Crippen LogP contribution < -0.4 is 10.1 Å². The Morgan fingerprint density at radius 3 is 2.61 bits per heavy atom. The van der Waals surface area contributed by atoms with Crippen LogP contribution >= 0.6 is 0 Å². The molecule has 0 radical (unpaired) electrons. The summed E-state index contributed by atoms with van der Waals surface area (Å²) in [6.45, 7) is 3.53. The van der Waals surface area contributed by atoms with Crippen LogP contribution in [0.4, 0.5) is 0 Å². The zero-order valence-corrected chi connectivity index (χ0v) is 11.5. The molecule has 100 valence electrons. The third kappa shape index (κ3) is 3.24. The number of nitrogens with zero attached hydrogens (tertiary/aromatic N) is 1. The van der Waals surface area contributed by atoms with Crippen molar-refractivity contribution in [2.75, 3.05) is 33.8 Å². The molecule has 0 saturated carbocycles. The minimum absolute atomic E-state index is 0.347. The Balaban J connectivity index is 2.07. The molecule has 18 heavy (non-hydrogen) atoms. The maximum atomic E-state index is 5.46. The molecule has 1 atom stereocenters. The Hall–Kier alpha value is -1.06. The second-order valence-electron chi connectivity index (χ2n) is 4.94. The van der Waals surface area contributed by atoms with E-state index in [4.69, 9.17) is 4.74 Å². The standard InChI is InChI=1S/C15H24N2O/c1-16-14(12-17-10-6-3-7-11-17)13-8-4-5-9-15(13)18-2/h4-5,8-9,14,16H,3,6-7,10-12H2,1-2H3. The number of piperidine rings is 1. The summed E-state index contributed by atoms with van der Waals surface area (Å²) in [6.07, 6.45) is 4.06. The van der Waals surface area contributed by atoms with Gasteiger partial charge < -0.3 is 15.0 Å². The van der Waals surface area contributed by atoms with Gasteiger partial charge in [-0.25, -0.2) is 0 Å². The monoisotopic (exact) mass is 248 g/mol. The van der Waals surface area contributed by atoms with Gasteiger partial charge in [-0.3, -0.25) is 0 Å². The van der Waals surface area contributed by atoms with Gasteiger partial charge in [-0.1, -0.05) is 24.6 Å². The normalized spacial score (nSPS) is 18.6. The van der Waals surface area contributed by atoms with E-state index in [9.17, 15) is 0 Å². The summed E-state index contributed by atoms with van der Waals surface area (Å²) in [6, 6.07) is 8.65. The highest BCUT2D eigenvalue weighted by Gasteiger charge is 2.19. The maximum Gasteiger partial charge on any atom is 0.123 e. The topological polar surface area (TPSA) is 24.5 Å². The molecule has 0 aliphatic carbocycles. The zero-order valence-electron chi connectivity index (χ0n) is 11.5. The van der Waals surface area contributed by atoms with E-state index in [1.54, 1.807) is 7.11 Å². The van der Waals surface area contributed by atoms with Gasteiger partial charge in [0.05, 0.1) is 7.11 Å². The van der Waals surface area contributed by atoms with E-state index in [1.807, 2.05) is 19.2 Å². The quantitative estimate of drug-likeness (QED) is 0.866. The van der Waals surface area contributed by atoms with Crippen molar-refractivity contribution in [2.24, 2.45) is 0 Å². The van der Waals surface area contributed by atoms with Crippen LogP contribution in [0.2, 0.25) is 0 Å². The van der Waals surface area contributed by atoms with E-state index in [2.05, 4.69) is 22.3 Å². The summed E-state index contributed by atoms with van der Waals surface area (Å²) in [5.74, 6) is 0.980. The number of hydrogen-bond acceptors (Lipinski definition) is 3. The molecule has 0 aromatic heterocycles. The summed E-state index contributed by atoms with van der Waals surface area (Å²) in [4.78, 5) is 2.55. The SMILES string of the molecule is CNC(CN1CCCCC1)c1ccccc1OC. The minimum Gasteiger partial charge on any atom is -0.496 e. The molecule has 2 rings (SSSR count). The van der Waals surface area contributed by atoms with Gasteiger partial charge >= 0.3 is 0 Å². The molecule has 1 aliphatic heterocycles. The van der Waals surface area contributed by atoms with Gasteiger partial charge in [0.15, 0.2) is 0 Å². The summed E-state index contributed by atoms with van der Waals surface area (Å²) < 4.78 is 5.46. The van der Waals surface area contributed by atoms with Crippen LogP contribution in [0.25, 0.3) is 0 Å². The zero-order chi connectivity index (χ0) is 12.8. The molecule has 1 aromatic carbocycles. The Kier molecular flexibility index (Phi) is 5.02. The van der Waals surface area contributed by atoms with Crippen LogP contribution in [0.1, 0.15) is 30.9 Å². The fourth-order valence-corrected chi connectivity index (χ4v) is 2.70. The Morgan fingerprint density at radius 2 is 1.94 bits per heavy atom. The predicted octanol–water partition coefficient (Wildman–Crippen LogP) is 2.44. The van der Waals surface area contributed by atoms with Gasteiger partial charge in [0.25, 0.3) is 0 Å². The molecule has 1 N–H and O–H groups in total. The van der Waals surface area contributed by atoms with E-state index < -0.39 is 0 Å². The van der Waals surface area contributed by atoms with Gasteiger partial charge in [-0.05, 0) is 39.0 Å². The number of benzene rings is 1. The first kappa shape index (κ1) is 13.4. The molecule has 0 bridgehead atoms. The van der Waals surface area contributed by atoms with Gasteiger partial charge in [-0.15, -0.1) is 0 Å². The van der Waals surface area contributed by atoms with E-state index in [0.717, 1.165) is 12.3 Å². The van der Waals surface area contributed by atoms with Crippen molar-refractivity contribution in [2.45, 2.75) is 25.3 Å². The van der Waals surface area contributed by atoms with Crippen LogP contribution in [0.15, 0.2) is 24.3 Å². The lowest BCUT2D eigenvalue weighted by molar-refractivity contribution is 0.207. The van der Waals surface area contributed by atoms with Crippen molar-refractivity contribution in [3.8, 4) is 5.75 Å². The molecular weight excluding hydrogens is 224 g/mol. The number of hydrogen-bond donors (Lipinski definition) is 1. The van der Waals surface area contributed by atoms with E-state index in [-0.39, 0.29) is 0 Å². The Morgan fingerprint density at radius 1 is 1.22 bits per heavy atom. The van der Waals surface area contributed by atoms with Crippen LogP contribution in [0.5, 0.6) is 5.75 Å². The second kappa shape index (κ2) is 6.76. The number of ether oxygens (including phenoxy) is 1. The van der Waals surface area contributed by atoms with Crippen molar-refractivity contribution in [3.05, 3.63) is 29.8 Å². The fourth-order valence-electron chi connectivity index (χ4n) is 2.70. The molecule has 3 heteroatoms. The molecular formula is C15H24N2O. The highest BCUT2D eigenvalue weighted by molar-refractivity contribution is 5.36. The highest BCUT2D eigenvalue weighted by Crippen LogP contribution is 2.25. The van der Waals surface area contributed by atoms with Crippen LogP contribution in [0, 0.1) is 0 Å². The first-order chi connectivity index (χ1) is 8.85. The third-order valence-electron chi connectivity index (χ3n) is 3.75. The number of para-hydroxylation sites is 1. The average Bonchev–Trinajstić information content (AvgIpc) is 2.46. The number of likely N-dealkylation sites (N-methyl/N-ethyl adjacent to an activating group) is 1. The number of rotatable bonds is 5. The fraction of sp³-hybridized carbons (Fsp3) is 0.600. The largest absolute Gasteiger partial charge is 0.496 e. The molecule has 0 amide bonds. The smallest absolute Gasteiger partial charge is 0.123 e. The number of methoxy groups -OCH3 is 1. The van der Waals surface area contributed by atoms with Crippen molar-refractivity contribution >= 4 is 0 Å². The molecule has 1 aromatic rings. The van der Waals surface area contributed by atoms with Crippen molar-refractivity contribution in [1.82, 2.24) is 10.2 Å². The molecule has 1 saturated heterocycles. The van der Waals surface area contributed by atoms with Crippen molar-refractivity contribution < 1.29 is 4.74 Å². The molecule has 1 heterocycles. The van der Waals surface area contributed by atoms with Gasteiger partial charge in [0, 0.05) is 18.2 Å². The Labute approximate surface area is 110 Å². The predicted molar refractivity (Wildman–Crippen MR) is 75.1 cm³/mol. The molecule has 0 spiro atoms. The van der Waals surface area contributed by atoms with Crippen LogP contribution in [-0.4, -0.2) is 38.7 Å². The van der Waals surface area contributed by atoms with Crippen LogP contribution in [0.3, 0.4) is 0 Å². The van der Waals surface area contributed by atoms with Crippen LogP contribution in [-0.2, 0) is 0 Å². The lowest BCUT2D eigenvalue weighted by atomic mass is 10.0. The summed E-state index contributed by atoms with van der Waals surface area (Å²) in [7, 11) is 3.77. The van der Waals surface area contributed by atoms with E-state index in [0.29, 0.717) is 6.04 Å². The lowest BCUT2D eigenvalue weighted by Gasteiger charge is -2.31. The first-order valence-corrected chi connectivity index (χ1v) is 6.87. The van der Waals surface area contributed by atoms with Gasteiger partial charge in [-0.2, -0.15) is 0 Å². The molecule has 1 aliphatic rings. The maximum absolute atomic E-state index is 5.46. The minimum atomic E-state index is 0.347. The third-order valence-corrected chi connectivity index (χ3v) is 3.75. The van der Waals surface area contributed by atoms with Gasteiger partial charge in [0.1, 0.15) is 5.75 Å². The summed E-state index contributed by atoms with van der Waals surface area (Å²) in [5, 5.41) is 3.42. The molecule has 1 unspecified atom stereocenters. The second-order valence-corrected chi connectivity index (χ2v) is 4.94. The highest BCUT2D eigenvalue weighted by atomic mass is 16.5. The number of nitrogens with one attached hydrogen (secondary N) is 1. The van der Waals surface area contributed by atoms with E-state index in [1.165, 1.54) is 37.9 Å². The molecule has 1 fully saturated rings. The van der Waals surface area contributed by atoms with Crippen molar-refractivity contribution in [3.63, 3.8) is 0 Å². The summed E-state index contributed by atoms with van der Waals surface area (Å²) >= 11 is 0. The van der Waals surface area contributed by atoms with Gasteiger partial charge in [0.2, 0.25) is 0 Å². The average molecular weight is 248 g/mol. The number of likely N-dealkylation sites (tertiary alicyclic amines) is 1. The summed E-state index contributed by atoms with van der Waals surface area (Å²) in [5.41, 5.74) is 1.26. The molecule has 3 nitrogen and oxygen atoms in total. The Bertz CT molecular complexity index is 361. The first-order valence-electron chi connectivity index (χ1n) is 6.87. The van der Waals surface area contributed by atoms with Crippen molar-refractivity contribution in [1.29, 1.82) is 0 Å². The van der Waals surface area contributed by atoms with E-state index >= 15 is 0 Å². The lowest BCUT2D eigenvalue weighted by Crippen LogP contribution is -2.37.